The lowest BCUT2D eigenvalue weighted by Gasteiger charge is -2.15. The molecule has 0 radical (unpaired) electrons. The standard InChI is InChI=1S/C24H29N9O3S/c1-15(2)33-20-9-22(26-11-19(20)24(30-33)31-8-6-16(12-31)14-34)28-21-5-7-25-23(29-21)17-10-27-32(13-17)37(35,36)18-3-4-18/h5,7,9-11,13,15-16,18,34H,3-4,6,8,12,14H2,1-2H3,(H,25,26,28,29)/t16-/m1/s1. The van der Waals surface area contributed by atoms with Crippen LogP contribution < -0.4 is 10.2 Å². The Morgan fingerprint density at radius 2 is 2.00 bits per heavy atom. The predicted octanol–water partition coefficient (Wildman–Crippen LogP) is 2.57. The first kappa shape index (κ1) is 23.8. The number of rotatable bonds is 8. The molecule has 1 aliphatic heterocycles. The Hall–Kier alpha value is -3.58. The number of nitrogens with zero attached hydrogens (tertiary/aromatic N) is 8. The summed E-state index contributed by atoms with van der Waals surface area (Å²) in [5, 5.41) is 22.3. The van der Waals surface area contributed by atoms with Crippen molar-refractivity contribution in [1.82, 2.24) is 33.9 Å². The van der Waals surface area contributed by atoms with Gasteiger partial charge in [-0.05, 0) is 39.2 Å². The van der Waals surface area contributed by atoms with Crippen LogP contribution in [-0.4, -0.2) is 72.4 Å². The lowest BCUT2D eigenvalue weighted by Crippen LogP contribution is -2.21. The molecule has 6 rings (SSSR count). The highest BCUT2D eigenvalue weighted by Gasteiger charge is 2.37. The molecule has 0 bridgehead atoms. The van der Waals surface area contributed by atoms with E-state index in [4.69, 9.17) is 5.10 Å². The number of anilines is 3. The second-order valence-electron chi connectivity index (χ2n) is 9.97. The Labute approximate surface area is 214 Å². The molecular weight excluding hydrogens is 494 g/mol. The van der Waals surface area contributed by atoms with Crippen LogP contribution in [-0.2, 0) is 10.0 Å². The molecule has 194 valence electrons. The minimum atomic E-state index is -3.45. The van der Waals surface area contributed by atoms with Crippen molar-refractivity contribution in [2.75, 3.05) is 29.9 Å². The number of nitrogens with one attached hydrogen (secondary N) is 1. The third kappa shape index (κ3) is 4.42. The molecule has 0 spiro atoms. The van der Waals surface area contributed by atoms with Gasteiger partial charge in [-0.2, -0.15) is 14.3 Å². The van der Waals surface area contributed by atoms with Crippen molar-refractivity contribution in [2.24, 2.45) is 5.92 Å². The van der Waals surface area contributed by atoms with E-state index in [0.29, 0.717) is 35.9 Å². The highest BCUT2D eigenvalue weighted by Crippen LogP contribution is 2.33. The van der Waals surface area contributed by atoms with E-state index in [-0.39, 0.29) is 23.8 Å². The Balaban J connectivity index is 1.28. The maximum absolute atomic E-state index is 12.5. The lowest BCUT2D eigenvalue weighted by molar-refractivity contribution is 0.238. The third-order valence-corrected chi connectivity index (χ3v) is 8.88. The first-order chi connectivity index (χ1) is 17.8. The molecule has 5 heterocycles. The van der Waals surface area contributed by atoms with E-state index >= 15 is 0 Å². The monoisotopic (exact) mass is 523 g/mol. The molecule has 0 aromatic carbocycles. The molecule has 4 aromatic heterocycles. The molecule has 1 atom stereocenters. The second kappa shape index (κ2) is 9.06. The number of fused-ring (bicyclic) bond motifs is 1. The minimum absolute atomic E-state index is 0.150. The van der Waals surface area contributed by atoms with Crippen LogP contribution in [0.4, 0.5) is 17.5 Å². The second-order valence-corrected chi connectivity index (χ2v) is 12.0. The van der Waals surface area contributed by atoms with Crippen molar-refractivity contribution in [3.05, 3.63) is 36.9 Å². The predicted molar refractivity (Wildman–Crippen MR) is 139 cm³/mol. The van der Waals surface area contributed by atoms with Crippen molar-refractivity contribution in [2.45, 2.75) is 44.4 Å². The fourth-order valence-corrected chi connectivity index (χ4v) is 6.14. The van der Waals surface area contributed by atoms with Crippen LogP contribution in [0.1, 0.15) is 39.2 Å². The summed E-state index contributed by atoms with van der Waals surface area (Å²) in [6.07, 6.45) is 8.64. The maximum atomic E-state index is 12.5. The molecule has 12 nitrogen and oxygen atoms in total. The quantitative estimate of drug-likeness (QED) is 0.353. The van der Waals surface area contributed by atoms with Gasteiger partial charge < -0.3 is 15.3 Å². The number of aliphatic hydroxyl groups excluding tert-OH is 1. The molecule has 1 saturated carbocycles. The Morgan fingerprint density at radius 1 is 1.16 bits per heavy atom. The van der Waals surface area contributed by atoms with Crippen LogP contribution in [0, 0.1) is 5.92 Å². The summed E-state index contributed by atoms with van der Waals surface area (Å²) >= 11 is 0. The van der Waals surface area contributed by atoms with Gasteiger partial charge in [0.15, 0.2) is 11.6 Å². The van der Waals surface area contributed by atoms with Crippen LogP contribution in [0.15, 0.2) is 36.9 Å². The number of aromatic nitrogens is 7. The van der Waals surface area contributed by atoms with Crippen LogP contribution in [0.5, 0.6) is 0 Å². The highest BCUT2D eigenvalue weighted by molar-refractivity contribution is 7.90. The number of aliphatic hydroxyl groups is 1. The van der Waals surface area contributed by atoms with E-state index in [1.165, 1.54) is 12.4 Å². The Bertz CT molecular complexity index is 1560. The molecule has 1 saturated heterocycles. The van der Waals surface area contributed by atoms with Crippen LogP contribution in [0.25, 0.3) is 22.3 Å². The van der Waals surface area contributed by atoms with Crippen molar-refractivity contribution in [3.8, 4) is 11.4 Å². The highest BCUT2D eigenvalue weighted by atomic mass is 32.2. The van der Waals surface area contributed by atoms with Gasteiger partial charge in [-0.1, -0.05) is 0 Å². The molecular formula is C24H29N9O3S. The van der Waals surface area contributed by atoms with Crippen molar-refractivity contribution >= 4 is 38.4 Å². The fourth-order valence-electron chi connectivity index (χ4n) is 4.66. The van der Waals surface area contributed by atoms with Gasteiger partial charge in [-0.15, -0.1) is 0 Å². The van der Waals surface area contributed by atoms with Gasteiger partial charge in [-0.3, -0.25) is 4.68 Å². The van der Waals surface area contributed by atoms with E-state index in [2.05, 4.69) is 44.1 Å². The Morgan fingerprint density at radius 3 is 2.73 bits per heavy atom. The molecule has 2 fully saturated rings. The average molecular weight is 524 g/mol. The van der Waals surface area contributed by atoms with Gasteiger partial charge in [0, 0.05) is 50.1 Å². The minimum Gasteiger partial charge on any atom is -0.396 e. The summed E-state index contributed by atoms with van der Waals surface area (Å²) in [6.45, 7) is 6.00. The van der Waals surface area contributed by atoms with Gasteiger partial charge >= 0.3 is 0 Å². The molecule has 0 unspecified atom stereocenters. The van der Waals surface area contributed by atoms with Gasteiger partial charge in [0.25, 0.3) is 10.0 Å². The normalized spacial score (nSPS) is 18.3. The zero-order valence-electron chi connectivity index (χ0n) is 20.7. The zero-order valence-corrected chi connectivity index (χ0v) is 21.5. The zero-order chi connectivity index (χ0) is 25.7. The van der Waals surface area contributed by atoms with E-state index in [1.54, 1.807) is 12.3 Å². The molecule has 2 aliphatic rings. The van der Waals surface area contributed by atoms with Crippen molar-refractivity contribution < 1.29 is 13.5 Å². The van der Waals surface area contributed by atoms with Gasteiger partial charge in [0.2, 0.25) is 0 Å². The Kier molecular flexibility index (Phi) is 5.83. The largest absolute Gasteiger partial charge is 0.396 e. The van der Waals surface area contributed by atoms with Crippen molar-refractivity contribution in [1.29, 1.82) is 0 Å². The van der Waals surface area contributed by atoms with E-state index in [0.717, 1.165) is 40.3 Å². The third-order valence-electron chi connectivity index (χ3n) is 6.84. The fraction of sp³-hybridized carbons (Fsp3) is 0.458. The first-order valence-electron chi connectivity index (χ1n) is 12.5. The van der Waals surface area contributed by atoms with Crippen LogP contribution >= 0.6 is 0 Å². The molecule has 1 aliphatic carbocycles. The summed E-state index contributed by atoms with van der Waals surface area (Å²) in [7, 11) is -3.45. The lowest BCUT2D eigenvalue weighted by atomic mass is 10.1. The SMILES string of the molecule is CC(C)n1nc(N2CC[C@@H](CO)C2)c2cnc(Nc3ccnc(-c4cnn(S(=O)(=O)C5CC5)c4)n3)cc21. The van der Waals surface area contributed by atoms with Crippen molar-refractivity contribution in [3.63, 3.8) is 0 Å². The molecule has 4 aromatic rings. The van der Waals surface area contributed by atoms with Gasteiger partial charge in [0.05, 0.1) is 34.1 Å². The first-order valence-corrected chi connectivity index (χ1v) is 14.0. The summed E-state index contributed by atoms with van der Waals surface area (Å²) in [6, 6.07) is 3.83. The number of hydrogen-bond donors (Lipinski definition) is 2. The topological polar surface area (TPSA) is 144 Å². The average Bonchev–Trinajstić information content (AvgIpc) is 3.29. The summed E-state index contributed by atoms with van der Waals surface area (Å²) in [4.78, 5) is 15.7. The van der Waals surface area contributed by atoms with E-state index < -0.39 is 10.0 Å². The van der Waals surface area contributed by atoms with Crippen LogP contribution in [0.2, 0.25) is 0 Å². The molecule has 0 amide bonds. The van der Waals surface area contributed by atoms with E-state index in [9.17, 15) is 13.5 Å². The number of hydrogen-bond acceptors (Lipinski definition) is 10. The summed E-state index contributed by atoms with van der Waals surface area (Å²) in [5.41, 5.74) is 1.47. The summed E-state index contributed by atoms with van der Waals surface area (Å²) in [5.74, 6) is 2.65. The summed E-state index contributed by atoms with van der Waals surface area (Å²) < 4.78 is 27.9. The molecule has 2 N–H and O–H groups in total. The molecule has 13 heteroatoms. The molecule has 37 heavy (non-hydrogen) atoms. The van der Waals surface area contributed by atoms with Gasteiger partial charge in [0.1, 0.15) is 11.6 Å². The van der Waals surface area contributed by atoms with Gasteiger partial charge in [-0.25, -0.2) is 23.4 Å². The smallest absolute Gasteiger partial charge is 0.256 e. The number of pyridine rings is 1. The maximum Gasteiger partial charge on any atom is 0.256 e. The van der Waals surface area contributed by atoms with E-state index in [1.807, 2.05) is 16.9 Å². The van der Waals surface area contributed by atoms with Crippen LogP contribution in [0.3, 0.4) is 0 Å².